The Bertz CT molecular complexity index is 278. The van der Waals surface area contributed by atoms with Crippen molar-refractivity contribution in [2.45, 2.75) is 30.7 Å². The third-order valence-corrected chi connectivity index (χ3v) is 3.80. The number of hydrogen-bond donors (Lipinski definition) is 4. The van der Waals surface area contributed by atoms with Gasteiger partial charge in [-0.3, -0.25) is 0 Å². The predicted molar refractivity (Wildman–Crippen MR) is 67.4 cm³/mol. The van der Waals surface area contributed by atoms with Crippen LogP contribution in [0.15, 0.2) is 0 Å². The van der Waals surface area contributed by atoms with Gasteiger partial charge in [0.05, 0.1) is 27.3 Å². The highest BCUT2D eigenvalue weighted by atomic mass is 35.5. The first kappa shape index (κ1) is 17.1. The molecule has 8 heteroatoms. The second kappa shape index (κ2) is 7.14. The largest absolute Gasteiger partial charge is 0.394 e. The summed E-state index contributed by atoms with van der Waals surface area (Å²) in [4.78, 5) is 0. The summed E-state index contributed by atoms with van der Waals surface area (Å²) in [5, 5.41) is 37.9. The van der Waals surface area contributed by atoms with E-state index >= 15 is 0 Å². The van der Waals surface area contributed by atoms with Crippen LogP contribution in [0.5, 0.6) is 0 Å². The van der Waals surface area contributed by atoms with E-state index in [2.05, 4.69) is 0 Å². The van der Waals surface area contributed by atoms with Gasteiger partial charge in [0.15, 0.2) is 12.3 Å². The molecule has 7 nitrogen and oxygen atoms in total. The van der Waals surface area contributed by atoms with Crippen molar-refractivity contribution in [2.24, 2.45) is 0 Å². The molecule has 0 aromatic heterocycles. The number of aliphatic hydroxyl groups excluding tert-OH is 4. The molecular formula is C11H23ClNO6+. The van der Waals surface area contributed by atoms with Crippen LogP contribution in [0.3, 0.4) is 0 Å². The van der Waals surface area contributed by atoms with Crippen LogP contribution >= 0.6 is 11.6 Å². The molecular weight excluding hydrogens is 278 g/mol. The normalized spacial score (nSPS) is 36.5. The Labute approximate surface area is 117 Å². The number of halogens is 1. The fourth-order valence-corrected chi connectivity index (χ4v) is 1.80. The van der Waals surface area contributed by atoms with Gasteiger partial charge in [-0.15, -0.1) is 0 Å². The van der Waals surface area contributed by atoms with Gasteiger partial charge < -0.3 is 34.4 Å². The van der Waals surface area contributed by atoms with Gasteiger partial charge in [-0.25, -0.2) is 0 Å². The van der Waals surface area contributed by atoms with E-state index in [-0.39, 0.29) is 6.61 Å². The minimum Gasteiger partial charge on any atom is -0.394 e. The van der Waals surface area contributed by atoms with Crippen molar-refractivity contribution in [1.82, 2.24) is 0 Å². The third kappa shape index (κ3) is 4.51. The fourth-order valence-electron chi connectivity index (χ4n) is 1.68. The molecule has 1 aliphatic heterocycles. The molecule has 0 spiro atoms. The zero-order valence-corrected chi connectivity index (χ0v) is 11.9. The van der Waals surface area contributed by atoms with Crippen molar-refractivity contribution in [3.63, 3.8) is 0 Å². The number of ether oxygens (including phenoxy) is 2. The molecule has 1 saturated heterocycles. The van der Waals surface area contributed by atoms with Gasteiger partial charge >= 0.3 is 0 Å². The molecule has 1 heterocycles. The number of nitrogens with zero attached hydrogens (tertiary/aromatic N) is 1. The first-order valence-electron chi connectivity index (χ1n) is 6.12. The highest BCUT2D eigenvalue weighted by Crippen LogP contribution is 2.21. The molecule has 0 radical (unpaired) electrons. The quantitative estimate of drug-likeness (QED) is 0.259. The van der Waals surface area contributed by atoms with E-state index in [0.29, 0.717) is 17.0 Å². The molecule has 1 fully saturated rings. The highest BCUT2D eigenvalue weighted by molar-refractivity contribution is 6.16. The molecule has 5 atom stereocenters. The number of alkyl halides is 1. The average Bonchev–Trinajstić information content (AvgIpc) is 2.38. The van der Waals surface area contributed by atoms with E-state index in [1.807, 2.05) is 14.1 Å². The molecule has 0 saturated carbocycles. The molecule has 0 aromatic carbocycles. The van der Waals surface area contributed by atoms with E-state index in [1.165, 1.54) is 0 Å². The Morgan fingerprint density at radius 2 is 1.79 bits per heavy atom. The van der Waals surface area contributed by atoms with Crippen LogP contribution in [0, 0.1) is 0 Å². The van der Waals surface area contributed by atoms with Crippen molar-refractivity contribution in [1.29, 1.82) is 0 Å². The summed E-state index contributed by atoms with van der Waals surface area (Å²) >= 11 is 5.76. The molecule has 0 unspecified atom stereocenters. The van der Waals surface area contributed by atoms with Gasteiger partial charge in [0.2, 0.25) is 0 Å². The lowest BCUT2D eigenvalue weighted by Gasteiger charge is -2.39. The minimum atomic E-state index is -1.41. The number of quaternary nitrogens is 1. The fraction of sp³-hybridized carbons (Fsp3) is 1.00. The van der Waals surface area contributed by atoms with Crippen molar-refractivity contribution >= 4 is 11.6 Å². The Hall–Kier alpha value is 0.01000. The molecule has 0 bridgehead atoms. The number of likely N-dealkylation sites (N-methyl/N-ethyl adjacent to an activating group) is 1. The smallest absolute Gasteiger partial charge is 0.186 e. The van der Waals surface area contributed by atoms with E-state index in [4.69, 9.17) is 26.2 Å². The van der Waals surface area contributed by atoms with Gasteiger partial charge in [0.25, 0.3) is 0 Å². The van der Waals surface area contributed by atoms with Crippen LogP contribution in [0.25, 0.3) is 0 Å². The van der Waals surface area contributed by atoms with Crippen molar-refractivity contribution in [3.05, 3.63) is 0 Å². The standard InChI is InChI=1S/C11H23ClNO6/c1-13(2,6-12)3-4-18-11-10(17)9(16)8(15)7(5-14)19-11/h7-11,14-17H,3-6H2,1-2H3/q+1/t7-,8-,9+,10-,11-/m1/s1. The maximum atomic E-state index is 9.74. The summed E-state index contributed by atoms with van der Waals surface area (Å²) in [6.45, 7) is 0.398. The van der Waals surface area contributed by atoms with Gasteiger partial charge in [-0.2, -0.15) is 0 Å². The molecule has 1 rings (SSSR count). The zero-order chi connectivity index (χ0) is 14.6. The summed E-state index contributed by atoms with van der Waals surface area (Å²) in [6, 6.07) is 0.415. The summed E-state index contributed by atoms with van der Waals surface area (Å²) in [6.07, 6.45) is -6.16. The Kier molecular flexibility index (Phi) is 6.41. The molecule has 0 amide bonds. The molecule has 0 aromatic rings. The van der Waals surface area contributed by atoms with Gasteiger partial charge in [-0.05, 0) is 0 Å². The van der Waals surface area contributed by atoms with E-state index in [1.54, 1.807) is 0 Å². The van der Waals surface area contributed by atoms with Crippen molar-refractivity contribution < 1.29 is 34.4 Å². The SMILES string of the molecule is C[N+](C)(CCl)CCO[C@@H]1O[C@H](CO)[C@@H](O)[C@H](O)[C@H]1O. The number of hydrogen-bond acceptors (Lipinski definition) is 6. The lowest BCUT2D eigenvalue weighted by Crippen LogP contribution is -2.59. The van der Waals surface area contributed by atoms with Crippen LogP contribution in [0.2, 0.25) is 0 Å². The van der Waals surface area contributed by atoms with Crippen LogP contribution in [-0.4, -0.2) is 95.5 Å². The van der Waals surface area contributed by atoms with Crippen molar-refractivity contribution in [3.8, 4) is 0 Å². The lowest BCUT2D eigenvalue weighted by atomic mass is 9.99. The van der Waals surface area contributed by atoms with Crippen LogP contribution in [-0.2, 0) is 9.47 Å². The summed E-state index contributed by atoms with van der Waals surface area (Å²) < 4.78 is 11.1. The van der Waals surface area contributed by atoms with Crippen LogP contribution < -0.4 is 0 Å². The zero-order valence-electron chi connectivity index (χ0n) is 11.1. The molecule has 0 aliphatic carbocycles. The monoisotopic (exact) mass is 300 g/mol. The van der Waals surface area contributed by atoms with E-state index in [9.17, 15) is 15.3 Å². The average molecular weight is 301 g/mol. The number of aliphatic hydroxyl groups is 4. The molecule has 114 valence electrons. The van der Waals surface area contributed by atoms with Crippen LogP contribution in [0.1, 0.15) is 0 Å². The maximum Gasteiger partial charge on any atom is 0.186 e. The predicted octanol–water partition coefficient (Wildman–Crippen LogP) is -1.92. The minimum absolute atomic E-state index is 0.266. The molecule has 19 heavy (non-hydrogen) atoms. The Morgan fingerprint density at radius 3 is 2.32 bits per heavy atom. The topological polar surface area (TPSA) is 99.4 Å². The van der Waals surface area contributed by atoms with Crippen molar-refractivity contribution in [2.75, 3.05) is 39.9 Å². The highest BCUT2D eigenvalue weighted by Gasteiger charge is 2.44. The maximum absolute atomic E-state index is 9.74. The van der Waals surface area contributed by atoms with Crippen LogP contribution in [0.4, 0.5) is 0 Å². The third-order valence-electron chi connectivity index (χ3n) is 3.15. The Morgan fingerprint density at radius 1 is 1.16 bits per heavy atom. The van der Waals surface area contributed by atoms with Gasteiger partial charge in [0.1, 0.15) is 31.0 Å². The number of rotatable bonds is 6. The summed E-state index contributed by atoms with van der Waals surface area (Å²) in [5.74, 6) is 0. The second-order valence-corrected chi connectivity index (χ2v) is 5.59. The first-order chi connectivity index (χ1) is 8.82. The molecule has 1 aliphatic rings. The molecule has 4 N–H and O–H groups in total. The van der Waals surface area contributed by atoms with E-state index < -0.39 is 37.3 Å². The first-order valence-corrected chi connectivity index (χ1v) is 6.66. The van der Waals surface area contributed by atoms with Gasteiger partial charge in [-0.1, -0.05) is 11.6 Å². The Balaban J connectivity index is 2.48. The van der Waals surface area contributed by atoms with Gasteiger partial charge in [0, 0.05) is 0 Å². The summed E-state index contributed by atoms with van der Waals surface area (Å²) in [5.41, 5.74) is 0. The second-order valence-electron chi connectivity index (χ2n) is 5.35. The van der Waals surface area contributed by atoms with E-state index in [0.717, 1.165) is 0 Å². The summed E-state index contributed by atoms with van der Waals surface area (Å²) in [7, 11) is 3.84. The lowest BCUT2D eigenvalue weighted by molar-refractivity contribution is -0.879.